The van der Waals surface area contributed by atoms with Gasteiger partial charge in [-0.1, -0.05) is 42.5 Å². The van der Waals surface area contributed by atoms with Crippen molar-refractivity contribution in [2.45, 2.75) is 19.3 Å². The van der Waals surface area contributed by atoms with Gasteiger partial charge in [0.25, 0.3) is 0 Å². The Bertz CT molecular complexity index is 941. The molecule has 1 aliphatic heterocycles. The Kier molecular flexibility index (Phi) is 4.52. The van der Waals surface area contributed by atoms with Crippen LogP contribution in [-0.4, -0.2) is 47.0 Å². The monoisotopic (exact) mass is 360 g/mol. The topological polar surface area (TPSA) is 49.3 Å². The van der Waals surface area contributed by atoms with Gasteiger partial charge in [0.2, 0.25) is 5.91 Å². The highest BCUT2D eigenvalue weighted by molar-refractivity contribution is 5.90. The van der Waals surface area contributed by atoms with Crippen molar-refractivity contribution >= 4 is 22.6 Å². The number of hydrogen-bond acceptors (Lipinski definition) is 4. The molecule has 2 aromatic carbocycles. The normalized spacial score (nSPS) is 15.2. The van der Waals surface area contributed by atoms with Crippen molar-refractivity contribution in [1.29, 1.82) is 0 Å². The van der Waals surface area contributed by atoms with Gasteiger partial charge in [-0.2, -0.15) is 0 Å². The van der Waals surface area contributed by atoms with Crippen LogP contribution in [-0.2, 0) is 10.2 Å². The Hall–Kier alpha value is -2.95. The number of anilines is 1. The molecule has 27 heavy (non-hydrogen) atoms. The van der Waals surface area contributed by atoms with Crippen LogP contribution in [0.3, 0.4) is 0 Å². The molecule has 1 fully saturated rings. The van der Waals surface area contributed by atoms with Crippen LogP contribution in [0, 0.1) is 0 Å². The fourth-order valence-electron chi connectivity index (χ4n) is 3.74. The minimum Gasteiger partial charge on any atom is -0.352 e. The van der Waals surface area contributed by atoms with Gasteiger partial charge in [-0.05, 0) is 31.5 Å². The average molecular weight is 360 g/mol. The molecule has 1 amide bonds. The zero-order chi connectivity index (χ0) is 18.9. The van der Waals surface area contributed by atoms with Gasteiger partial charge in [-0.3, -0.25) is 4.79 Å². The lowest BCUT2D eigenvalue weighted by atomic mass is 9.83. The Morgan fingerprint density at radius 2 is 1.56 bits per heavy atom. The SMILES string of the molecule is CC(C)(C(=O)N1CCN(c2ncnc3ccccc23)CC1)c1ccccc1. The Balaban J connectivity index is 1.50. The maximum atomic E-state index is 13.2. The summed E-state index contributed by atoms with van der Waals surface area (Å²) in [5.41, 5.74) is 1.48. The second-order valence-electron chi connectivity index (χ2n) is 7.48. The lowest BCUT2D eigenvalue weighted by molar-refractivity contribution is -0.136. The molecular formula is C22H24N4O. The van der Waals surface area contributed by atoms with Gasteiger partial charge in [0.1, 0.15) is 12.1 Å². The largest absolute Gasteiger partial charge is 0.352 e. The van der Waals surface area contributed by atoms with Gasteiger partial charge in [-0.25, -0.2) is 9.97 Å². The van der Waals surface area contributed by atoms with Gasteiger partial charge in [0, 0.05) is 31.6 Å². The molecule has 0 radical (unpaired) electrons. The zero-order valence-electron chi connectivity index (χ0n) is 15.8. The maximum absolute atomic E-state index is 13.2. The van der Waals surface area contributed by atoms with Gasteiger partial charge in [0.05, 0.1) is 10.9 Å². The molecule has 1 saturated heterocycles. The molecule has 5 heteroatoms. The van der Waals surface area contributed by atoms with E-state index >= 15 is 0 Å². The Labute approximate surface area is 159 Å². The molecule has 3 aromatic rings. The second kappa shape index (κ2) is 6.99. The van der Waals surface area contributed by atoms with Crippen LogP contribution in [0.4, 0.5) is 5.82 Å². The van der Waals surface area contributed by atoms with Crippen LogP contribution < -0.4 is 4.90 Å². The molecule has 0 spiro atoms. The van der Waals surface area contributed by atoms with Crippen molar-refractivity contribution in [1.82, 2.24) is 14.9 Å². The van der Waals surface area contributed by atoms with Crippen molar-refractivity contribution < 1.29 is 4.79 Å². The highest BCUT2D eigenvalue weighted by Crippen LogP contribution is 2.28. The predicted octanol–water partition coefficient (Wildman–Crippen LogP) is 3.26. The first-order valence-corrected chi connectivity index (χ1v) is 9.37. The number of piperazine rings is 1. The maximum Gasteiger partial charge on any atom is 0.232 e. The number of aromatic nitrogens is 2. The quantitative estimate of drug-likeness (QED) is 0.719. The summed E-state index contributed by atoms with van der Waals surface area (Å²) < 4.78 is 0. The summed E-state index contributed by atoms with van der Waals surface area (Å²) in [4.78, 5) is 26.2. The van der Waals surface area contributed by atoms with E-state index in [0.717, 1.165) is 35.4 Å². The van der Waals surface area contributed by atoms with Gasteiger partial charge in [0.15, 0.2) is 0 Å². The van der Waals surface area contributed by atoms with Gasteiger partial charge in [-0.15, -0.1) is 0 Å². The predicted molar refractivity (Wildman–Crippen MR) is 108 cm³/mol. The van der Waals surface area contributed by atoms with Crippen LogP contribution in [0.2, 0.25) is 0 Å². The summed E-state index contributed by atoms with van der Waals surface area (Å²) in [5.74, 6) is 1.14. The first kappa shape index (κ1) is 17.5. The molecule has 1 aliphatic rings. The first-order chi connectivity index (χ1) is 13.1. The fourth-order valence-corrected chi connectivity index (χ4v) is 3.74. The number of para-hydroxylation sites is 1. The van der Waals surface area contributed by atoms with E-state index in [2.05, 4.69) is 20.9 Å². The number of nitrogens with zero attached hydrogens (tertiary/aromatic N) is 4. The smallest absolute Gasteiger partial charge is 0.232 e. The number of carbonyl (C=O) groups excluding carboxylic acids is 1. The van der Waals surface area contributed by atoms with Crippen LogP contribution in [0.15, 0.2) is 60.9 Å². The average Bonchev–Trinajstić information content (AvgIpc) is 2.73. The standard InChI is InChI=1S/C22H24N4O/c1-22(2,17-8-4-3-5-9-17)21(27)26-14-12-25(13-15-26)20-18-10-6-7-11-19(18)23-16-24-20/h3-11,16H,12-15H2,1-2H3. The number of fused-ring (bicyclic) bond motifs is 1. The van der Waals surface area contributed by atoms with Crippen LogP contribution in [0.25, 0.3) is 10.9 Å². The Morgan fingerprint density at radius 3 is 2.30 bits per heavy atom. The van der Waals surface area contributed by atoms with Crippen LogP contribution in [0.1, 0.15) is 19.4 Å². The number of carbonyl (C=O) groups is 1. The summed E-state index contributed by atoms with van der Waals surface area (Å²) >= 11 is 0. The van der Waals surface area contributed by atoms with E-state index in [1.807, 2.05) is 67.3 Å². The van der Waals surface area contributed by atoms with E-state index < -0.39 is 5.41 Å². The summed E-state index contributed by atoms with van der Waals surface area (Å²) in [6.45, 7) is 6.97. The first-order valence-electron chi connectivity index (χ1n) is 9.37. The summed E-state index contributed by atoms with van der Waals surface area (Å²) in [5, 5.41) is 1.06. The molecular weight excluding hydrogens is 336 g/mol. The van der Waals surface area contributed by atoms with Crippen molar-refractivity contribution in [2.75, 3.05) is 31.1 Å². The Morgan fingerprint density at radius 1 is 0.889 bits per heavy atom. The molecule has 0 atom stereocenters. The molecule has 0 N–H and O–H groups in total. The highest BCUT2D eigenvalue weighted by atomic mass is 16.2. The number of rotatable bonds is 3. The molecule has 4 rings (SSSR count). The number of benzene rings is 2. The summed E-state index contributed by atoms with van der Waals surface area (Å²) in [6, 6.07) is 18.1. The van der Waals surface area contributed by atoms with Crippen LogP contribution in [0.5, 0.6) is 0 Å². The molecule has 5 nitrogen and oxygen atoms in total. The lowest BCUT2D eigenvalue weighted by Crippen LogP contribution is -2.53. The second-order valence-corrected chi connectivity index (χ2v) is 7.48. The van der Waals surface area contributed by atoms with E-state index in [4.69, 9.17) is 0 Å². The molecule has 0 aliphatic carbocycles. The minimum atomic E-state index is -0.523. The van der Waals surface area contributed by atoms with E-state index in [9.17, 15) is 4.79 Å². The van der Waals surface area contributed by atoms with Crippen molar-refractivity contribution in [3.8, 4) is 0 Å². The zero-order valence-corrected chi connectivity index (χ0v) is 15.8. The van der Waals surface area contributed by atoms with Crippen molar-refractivity contribution in [3.63, 3.8) is 0 Å². The molecule has 1 aromatic heterocycles. The van der Waals surface area contributed by atoms with E-state index in [0.29, 0.717) is 13.1 Å². The third kappa shape index (κ3) is 3.25. The van der Waals surface area contributed by atoms with E-state index in [1.54, 1.807) is 6.33 Å². The van der Waals surface area contributed by atoms with Crippen molar-refractivity contribution in [3.05, 3.63) is 66.5 Å². The van der Waals surface area contributed by atoms with E-state index in [1.165, 1.54) is 0 Å². The van der Waals surface area contributed by atoms with Gasteiger partial charge >= 0.3 is 0 Å². The molecule has 2 heterocycles. The summed E-state index contributed by atoms with van der Waals surface area (Å²) in [6.07, 6.45) is 1.62. The molecule has 138 valence electrons. The summed E-state index contributed by atoms with van der Waals surface area (Å²) in [7, 11) is 0. The van der Waals surface area contributed by atoms with Crippen LogP contribution >= 0.6 is 0 Å². The van der Waals surface area contributed by atoms with E-state index in [-0.39, 0.29) is 5.91 Å². The van der Waals surface area contributed by atoms with Crippen molar-refractivity contribution in [2.24, 2.45) is 0 Å². The third-order valence-electron chi connectivity index (χ3n) is 5.42. The van der Waals surface area contributed by atoms with Gasteiger partial charge < -0.3 is 9.80 Å². The number of amides is 1. The minimum absolute atomic E-state index is 0.181. The molecule has 0 bridgehead atoms. The fraction of sp³-hybridized carbons (Fsp3) is 0.318. The lowest BCUT2D eigenvalue weighted by Gasteiger charge is -2.39. The third-order valence-corrected chi connectivity index (χ3v) is 5.42. The number of hydrogen-bond donors (Lipinski definition) is 0. The molecule has 0 unspecified atom stereocenters. The highest BCUT2D eigenvalue weighted by Gasteiger charge is 2.35. The molecule has 0 saturated carbocycles.